The maximum atomic E-state index is 4.39. The molecule has 2 unspecified atom stereocenters. The molecule has 0 amide bonds. The molecule has 1 N–H and O–H groups in total. The van der Waals surface area contributed by atoms with Crippen LogP contribution < -0.4 is 5.32 Å². The highest BCUT2D eigenvalue weighted by molar-refractivity contribution is 5.38. The molecule has 0 saturated carbocycles. The number of hydrogen-bond donors (Lipinski definition) is 1. The zero-order valence-corrected chi connectivity index (χ0v) is 15.0. The lowest BCUT2D eigenvalue weighted by atomic mass is 9.80. The molecule has 0 saturated heterocycles. The molecule has 0 radical (unpaired) electrons. The van der Waals surface area contributed by atoms with E-state index >= 15 is 0 Å². The van der Waals surface area contributed by atoms with Crippen molar-refractivity contribution in [2.45, 2.75) is 59.8 Å². The molecule has 1 aliphatic rings. The molecule has 0 aromatic carbocycles. The maximum Gasteiger partial charge on any atom is 0.0302 e. The van der Waals surface area contributed by atoms with Gasteiger partial charge in [-0.3, -0.25) is 0 Å². The van der Waals surface area contributed by atoms with Gasteiger partial charge < -0.3 is 5.32 Å². The Labute approximate surface area is 137 Å². The predicted molar refractivity (Wildman–Crippen MR) is 99.5 cm³/mol. The van der Waals surface area contributed by atoms with Gasteiger partial charge in [0.2, 0.25) is 0 Å². The molecule has 1 rings (SSSR count). The number of allylic oxidation sites excluding steroid dienone is 6. The molecule has 0 spiro atoms. The third kappa shape index (κ3) is 5.05. The van der Waals surface area contributed by atoms with Crippen LogP contribution in [0, 0.1) is 11.8 Å². The molecule has 0 bridgehead atoms. The van der Waals surface area contributed by atoms with Crippen LogP contribution in [0.25, 0.3) is 0 Å². The summed E-state index contributed by atoms with van der Waals surface area (Å²) in [5.41, 5.74) is 6.15. The lowest BCUT2D eigenvalue weighted by Gasteiger charge is -2.26. The van der Waals surface area contributed by atoms with Gasteiger partial charge in [0, 0.05) is 17.3 Å². The summed E-state index contributed by atoms with van der Waals surface area (Å²) in [4.78, 5) is 0. The van der Waals surface area contributed by atoms with Crippen LogP contribution in [0.1, 0.15) is 59.8 Å². The van der Waals surface area contributed by atoms with Gasteiger partial charge in [0.15, 0.2) is 0 Å². The van der Waals surface area contributed by atoms with Gasteiger partial charge >= 0.3 is 0 Å². The van der Waals surface area contributed by atoms with Gasteiger partial charge in [-0.05, 0) is 55.7 Å². The second-order valence-electron chi connectivity index (χ2n) is 6.61. The Morgan fingerprint density at radius 3 is 2.64 bits per heavy atom. The number of rotatable bonds is 8. The summed E-state index contributed by atoms with van der Waals surface area (Å²) in [6, 6.07) is 0. The molecule has 1 nitrogen and oxygen atoms in total. The Morgan fingerprint density at radius 1 is 1.45 bits per heavy atom. The second-order valence-corrected chi connectivity index (χ2v) is 6.61. The molecule has 0 fully saturated rings. The fraction of sp³-hybridized carbons (Fsp3) is 0.524. The second kappa shape index (κ2) is 8.82. The average Bonchev–Trinajstić information content (AvgIpc) is 2.52. The molecule has 0 aromatic heterocycles. The van der Waals surface area contributed by atoms with Crippen LogP contribution in [0.5, 0.6) is 0 Å². The highest BCUT2D eigenvalue weighted by atomic mass is 14.9. The summed E-state index contributed by atoms with van der Waals surface area (Å²) in [5, 5.41) is 3.40. The fourth-order valence-electron chi connectivity index (χ4n) is 2.96. The lowest BCUT2D eigenvalue weighted by Crippen LogP contribution is -2.16. The summed E-state index contributed by atoms with van der Waals surface area (Å²) in [6.07, 6.45) is 10.0. The van der Waals surface area contributed by atoms with Crippen LogP contribution in [0.3, 0.4) is 0 Å². The summed E-state index contributed by atoms with van der Waals surface area (Å²) >= 11 is 0. The van der Waals surface area contributed by atoms with E-state index in [4.69, 9.17) is 0 Å². The zero-order valence-electron chi connectivity index (χ0n) is 15.0. The molecule has 22 heavy (non-hydrogen) atoms. The van der Waals surface area contributed by atoms with Crippen LogP contribution in [0.2, 0.25) is 0 Å². The van der Waals surface area contributed by atoms with Crippen molar-refractivity contribution < 1.29 is 0 Å². The molecule has 0 aliphatic heterocycles. The summed E-state index contributed by atoms with van der Waals surface area (Å²) in [7, 11) is 0. The average molecular weight is 300 g/mol. The van der Waals surface area contributed by atoms with E-state index in [1.54, 1.807) is 11.6 Å². The van der Waals surface area contributed by atoms with Gasteiger partial charge in [-0.2, -0.15) is 0 Å². The first kappa shape index (κ1) is 18.5. The van der Waals surface area contributed by atoms with Crippen molar-refractivity contribution in [3.8, 4) is 0 Å². The smallest absolute Gasteiger partial charge is 0.0302 e. The van der Waals surface area contributed by atoms with E-state index in [1.807, 2.05) is 0 Å². The molecule has 1 heteroatoms. The van der Waals surface area contributed by atoms with E-state index < -0.39 is 0 Å². The molecule has 1 aliphatic carbocycles. The minimum absolute atomic E-state index is 0.429. The molecular formula is C21H33N. The first-order valence-corrected chi connectivity index (χ1v) is 8.56. The van der Waals surface area contributed by atoms with Crippen molar-refractivity contribution in [3.05, 3.63) is 60.0 Å². The Morgan fingerprint density at radius 2 is 2.14 bits per heavy atom. The van der Waals surface area contributed by atoms with Crippen LogP contribution in [-0.4, -0.2) is 0 Å². The van der Waals surface area contributed by atoms with Gasteiger partial charge in [0.1, 0.15) is 0 Å². The molecular weight excluding hydrogens is 266 g/mol. The summed E-state index contributed by atoms with van der Waals surface area (Å²) < 4.78 is 0. The van der Waals surface area contributed by atoms with Crippen molar-refractivity contribution in [2.24, 2.45) is 11.8 Å². The zero-order chi connectivity index (χ0) is 16.7. The largest absolute Gasteiger partial charge is 0.359 e. The summed E-state index contributed by atoms with van der Waals surface area (Å²) in [5.74, 6) is 1.26. The SMILES string of the molecule is C=CC(=C)N/C(CCC)=C(\C)C(=C)C(C)C1=CCC(C)CC1. The Balaban J connectivity index is 2.92. The van der Waals surface area contributed by atoms with E-state index in [0.717, 1.165) is 24.5 Å². The third-order valence-electron chi connectivity index (χ3n) is 4.78. The van der Waals surface area contributed by atoms with Gasteiger partial charge in [-0.25, -0.2) is 0 Å². The van der Waals surface area contributed by atoms with E-state index in [0.29, 0.717) is 5.92 Å². The molecule has 0 heterocycles. The van der Waals surface area contributed by atoms with E-state index in [1.165, 1.54) is 36.1 Å². The summed E-state index contributed by atoms with van der Waals surface area (Å²) in [6.45, 7) is 21.1. The number of hydrogen-bond acceptors (Lipinski definition) is 1. The van der Waals surface area contributed by atoms with Crippen molar-refractivity contribution >= 4 is 0 Å². The molecule has 0 aromatic rings. The monoisotopic (exact) mass is 299 g/mol. The normalized spacial score (nSPS) is 20.5. The first-order chi connectivity index (χ1) is 10.4. The van der Waals surface area contributed by atoms with Crippen molar-refractivity contribution in [3.63, 3.8) is 0 Å². The quantitative estimate of drug-likeness (QED) is 0.410. The highest BCUT2D eigenvalue weighted by Gasteiger charge is 2.19. The Hall–Kier alpha value is -1.50. The van der Waals surface area contributed by atoms with Gasteiger partial charge in [0.25, 0.3) is 0 Å². The van der Waals surface area contributed by atoms with Gasteiger partial charge in [-0.1, -0.05) is 58.6 Å². The van der Waals surface area contributed by atoms with Gasteiger partial charge in [-0.15, -0.1) is 0 Å². The van der Waals surface area contributed by atoms with Crippen LogP contribution in [-0.2, 0) is 0 Å². The van der Waals surface area contributed by atoms with E-state index in [-0.39, 0.29) is 0 Å². The van der Waals surface area contributed by atoms with Crippen molar-refractivity contribution in [1.29, 1.82) is 0 Å². The highest BCUT2D eigenvalue weighted by Crippen LogP contribution is 2.34. The van der Waals surface area contributed by atoms with Crippen LogP contribution in [0.4, 0.5) is 0 Å². The third-order valence-corrected chi connectivity index (χ3v) is 4.78. The van der Waals surface area contributed by atoms with Gasteiger partial charge in [0.05, 0.1) is 0 Å². The fourth-order valence-corrected chi connectivity index (χ4v) is 2.96. The standard InChI is InChI=1S/C21H33N/c1-8-10-21(22-16(4)9-2)19(7)17(5)18(6)20-13-11-15(3)12-14-20/h9,13,15,18,22H,2,4-5,8,10-12,14H2,1,3,6-7H3/b21-19+. The predicted octanol–water partition coefficient (Wildman–Crippen LogP) is 6.29. The molecule has 122 valence electrons. The minimum atomic E-state index is 0.429. The van der Waals surface area contributed by atoms with Crippen LogP contribution >= 0.6 is 0 Å². The topological polar surface area (TPSA) is 12.0 Å². The maximum absolute atomic E-state index is 4.39. The first-order valence-electron chi connectivity index (χ1n) is 8.56. The molecule has 2 atom stereocenters. The Bertz CT molecular complexity index is 490. The minimum Gasteiger partial charge on any atom is -0.359 e. The number of nitrogens with one attached hydrogen (secondary N) is 1. The Kier molecular flexibility index (Phi) is 7.44. The van der Waals surface area contributed by atoms with Crippen molar-refractivity contribution in [2.75, 3.05) is 0 Å². The van der Waals surface area contributed by atoms with Crippen molar-refractivity contribution in [1.82, 2.24) is 5.32 Å². The van der Waals surface area contributed by atoms with E-state index in [2.05, 4.69) is 58.8 Å². The van der Waals surface area contributed by atoms with Crippen LogP contribution in [0.15, 0.2) is 60.0 Å². The lowest BCUT2D eigenvalue weighted by molar-refractivity contribution is 0.494. The van der Waals surface area contributed by atoms with E-state index in [9.17, 15) is 0 Å².